The lowest BCUT2D eigenvalue weighted by atomic mass is 9.80. The fraction of sp³-hybridized carbons (Fsp3) is 1.00. The molecule has 0 aromatic carbocycles. The molecule has 82 valence electrons. The van der Waals surface area contributed by atoms with Crippen LogP contribution in [0, 0.1) is 5.92 Å². The van der Waals surface area contributed by atoms with Crippen LogP contribution in [0.2, 0.25) is 0 Å². The monoisotopic (exact) mass is 262 g/mol. The first-order chi connectivity index (χ1) is 6.81. The van der Waals surface area contributed by atoms with E-state index in [0.717, 1.165) is 25.6 Å². The molecule has 0 aromatic rings. The van der Waals surface area contributed by atoms with E-state index in [9.17, 15) is 0 Å². The van der Waals surface area contributed by atoms with E-state index in [1.165, 1.54) is 19.3 Å². The molecule has 0 amide bonds. The third-order valence-electron chi connectivity index (χ3n) is 3.39. The number of hydrogen-bond acceptors (Lipinski definition) is 2. The van der Waals surface area contributed by atoms with Gasteiger partial charge in [0.25, 0.3) is 0 Å². The predicted octanol–water partition coefficient (Wildman–Crippen LogP) is 2.74. The van der Waals surface area contributed by atoms with Crippen LogP contribution in [0.3, 0.4) is 0 Å². The molecule has 1 heterocycles. The van der Waals surface area contributed by atoms with Gasteiger partial charge in [0.1, 0.15) is 0 Å². The number of alkyl halides is 1. The lowest BCUT2D eigenvalue weighted by Crippen LogP contribution is -2.35. The highest BCUT2D eigenvalue weighted by molar-refractivity contribution is 9.09. The number of ether oxygens (including phenoxy) is 2. The van der Waals surface area contributed by atoms with Crippen LogP contribution in [0.1, 0.15) is 32.6 Å². The van der Waals surface area contributed by atoms with Gasteiger partial charge in [0.15, 0.2) is 0 Å². The van der Waals surface area contributed by atoms with Crippen LogP contribution in [0.25, 0.3) is 0 Å². The van der Waals surface area contributed by atoms with E-state index in [-0.39, 0.29) is 6.10 Å². The lowest BCUT2D eigenvalue weighted by molar-refractivity contribution is -0.0618. The highest BCUT2D eigenvalue weighted by Crippen LogP contribution is 2.34. The molecule has 2 fully saturated rings. The van der Waals surface area contributed by atoms with Gasteiger partial charge in [0.2, 0.25) is 0 Å². The van der Waals surface area contributed by atoms with Crippen LogP contribution >= 0.6 is 15.9 Å². The van der Waals surface area contributed by atoms with Crippen LogP contribution in [0.15, 0.2) is 0 Å². The third kappa shape index (κ3) is 2.31. The predicted molar refractivity (Wildman–Crippen MR) is 59.8 cm³/mol. The number of halogens is 1. The van der Waals surface area contributed by atoms with E-state index in [1.807, 2.05) is 0 Å². The van der Waals surface area contributed by atoms with Crippen molar-refractivity contribution in [3.8, 4) is 0 Å². The summed E-state index contributed by atoms with van der Waals surface area (Å²) in [5, 5.41) is 0. The number of rotatable bonds is 4. The van der Waals surface area contributed by atoms with E-state index in [4.69, 9.17) is 9.47 Å². The van der Waals surface area contributed by atoms with Crippen LogP contribution in [-0.4, -0.2) is 30.2 Å². The minimum absolute atomic E-state index is 0.278. The smallest absolute Gasteiger partial charge is 0.0959 e. The van der Waals surface area contributed by atoms with Gasteiger partial charge in [0.05, 0.1) is 30.2 Å². The highest BCUT2D eigenvalue weighted by Gasteiger charge is 2.33. The van der Waals surface area contributed by atoms with Crippen molar-refractivity contribution in [2.24, 2.45) is 5.92 Å². The molecule has 0 spiro atoms. The minimum atomic E-state index is 0.278. The van der Waals surface area contributed by atoms with E-state index < -0.39 is 0 Å². The number of hydrogen-bond donors (Lipinski definition) is 0. The average molecular weight is 263 g/mol. The zero-order valence-corrected chi connectivity index (χ0v) is 10.3. The zero-order valence-electron chi connectivity index (χ0n) is 8.75. The Labute approximate surface area is 94.5 Å². The van der Waals surface area contributed by atoms with Gasteiger partial charge in [-0.2, -0.15) is 0 Å². The molecular weight excluding hydrogens is 244 g/mol. The van der Waals surface area contributed by atoms with Crippen LogP contribution in [-0.2, 0) is 9.47 Å². The maximum atomic E-state index is 6.10. The summed E-state index contributed by atoms with van der Waals surface area (Å²) in [5.41, 5.74) is 0. The largest absolute Gasteiger partial charge is 0.377 e. The van der Waals surface area contributed by atoms with E-state index in [2.05, 4.69) is 22.9 Å². The lowest BCUT2D eigenvalue weighted by Gasteiger charge is -2.35. The molecule has 2 aliphatic rings. The Bertz CT molecular complexity index is 182. The molecule has 0 bridgehead atoms. The molecule has 14 heavy (non-hydrogen) atoms. The van der Waals surface area contributed by atoms with Gasteiger partial charge >= 0.3 is 0 Å². The summed E-state index contributed by atoms with van der Waals surface area (Å²) in [5.74, 6) is 0.820. The van der Waals surface area contributed by atoms with Crippen molar-refractivity contribution in [2.45, 2.75) is 49.6 Å². The maximum Gasteiger partial charge on any atom is 0.0959 e. The topological polar surface area (TPSA) is 18.5 Å². The van der Waals surface area contributed by atoms with Gasteiger partial charge in [-0.3, -0.25) is 0 Å². The summed E-state index contributed by atoms with van der Waals surface area (Å²) >= 11 is 3.60. The quantitative estimate of drug-likeness (QED) is 0.726. The van der Waals surface area contributed by atoms with Gasteiger partial charge < -0.3 is 9.47 Å². The first-order valence-electron chi connectivity index (χ1n) is 5.68. The second kappa shape index (κ2) is 4.95. The van der Waals surface area contributed by atoms with Gasteiger partial charge in [-0.25, -0.2) is 0 Å². The van der Waals surface area contributed by atoms with E-state index >= 15 is 0 Å². The van der Waals surface area contributed by atoms with Crippen molar-refractivity contribution < 1.29 is 9.47 Å². The summed E-state index contributed by atoms with van der Waals surface area (Å²) in [6.07, 6.45) is 6.00. The van der Waals surface area contributed by atoms with Crippen molar-refractivity contribution in [3.63, 3.8) is 0 Å². The minimum Gasteiger partial charge on any atom is -0.377 e. The second-order valence-corrected chi connectivity index (χ2v) is 5.54. The van der Waals surface area contributed by atoms with Crippen molar-refractivity contribution in [3.05, 3.63) is 0 Å². The van der Waals surface area contributed by atoms with E-state index in [0.29, 0.717) is 10.9 Å². The Balaban J connectivity index is 1.80. The molecule has 3 atom stereocenters. The first-order valence-corrected chi connectivity index (χ1v) is 6.60. The molecule has 1 saturated carbocycles. The molecule has 3 heteroatoms. The molecule has 0 aromatic heterocycles. The summed E-state index contributed by atoms with van der Waals surface area (Å²) in [7, 11) is 0. The van der Waals surface area contributed by atoms with Gasteiger partial charge in [-0.1, -0.05) is 29.3 Å². The summed E-state index contributed by atoms with van der Waals surface area (Å²) in [4.78, 5) is 0.400. The Morgan fingerprint density at radius 3 is 2.64 bits per heavy atom. The van der Waals surface area contributed by atoms with Crippen LogP contribution < -0.4 is 0 Å². The summed E-state index contributed by atoms with van der Waals surface area (Å²) in [6.45, 7) is 3.78. The SMILES string of the molecule is CCC(OC1COCC1Br)C1CCC1. The zero-order chi connectivity index (χ0) is 9.97. The highest BCUT2D eigenvalue weighted by atomic mass is 79.9. The Morgan fingerprint density at radius 2 is 2.21 bits per heavy atom. The molecule has 1 aliphatic heterocycles. The van der Waals surface area contributed by atoms with Crippen molar-refractivity contribution in [1.82, 2.24) is 0 Å². The molecule has 1 saturated heterocycles. The third-order valence-corrected chi connectivity index (χ3v) is 4.24. The van der Waals surface area contributed by atoms with Gasteiger partial charge in [0, 0.05) is 0 Å². The van der Waals surface area contributed by atoms with Gasteiger partial charge in [-0.15, -0.1) is 0 Å². The molecule has 1 aliphatic carbocycles. The fourth-order valence-corrected chi connectivity index (χ4v) is 2.67. The van der Waals surface area contributed by atoms with Gasteiger partial charge in [-0.05, 0) is 25.2 Å². The van der Waals surface area contributed by atoms with E-state index in [1.54, 1.807) is 0 Å². The van der Waals surface area contributed by atoms with Crippen molar-refractivity contribution in [1.29, 1.82) is 0 Å². The molecule has 0 radical (unpaired) electrons. The molecule has 2 nitrogen and oxygen atoms in total. The summed E-state index contributed by atoms with van der Waals surface area (Å²) < 4.78 is 11.5. The Kier molecular flexibility index (Phi) is 3.86. The molecule has 0 N–H and O–H groups in total. The summed E-state index contributed by atoms with van der Waals surface area (Å²) in [6, 6.07) is 0. The van der Waals surface area contributed by atoms with Crippen molar-refractivity contribution in [2.75, 3.05) is 13.2 Å². The Morgan fingerprint density at radius 1 is 1.43 bits per heavy atom. The Hall–Kier alpha value is 0.400. The second-order valence-electron chi connectivity index (χ2n) is 4.37. The average Bonchev–Trinajstić information content (AvgIpc) is 2.47. The standard InChI is InChI=1S/C11H19BrO2/c1-2-10(8-4-3-5-8)14-11-7-13-6-9(11)12/h8-11H,2-7H2,1H3. The molecule has 3 unspecified atom stereocenters. The fourth-order valence-electron chi connectivity index (χ4n) is 2.21. The van der Waals surface area contributed by atoms with Crippen LogP contribution in [0.4, 0.5) is 0 Å². The normalized spacial score (nSPS) is 35.6. The molecular formula is C11H19BrO2. The maximum absolute atomic E-state index is 6.10. The first kappa shape index (κ1) is 10.9. The van der Waals surface area contributed by atoms with Crippen LogP contribution in [0.5, 0.6) is 0 Å². The molecule has 2 rings (SSSR count). The van der Waals surface area contributed by atoms with Crippen molar-refractivity contribution >= 4 is 15.9 Å².